The highest BCUT2D eigenvalue weighted by molar-refractivity contribution is 6.32. The van der Waals surface area contributed by atoms with Gasteiger partial charge in [-0.15, -0.1) is 0 Å². The van der Waals surface area contributed by atoms with Gasteiger partial charge >= 0.3 is 0 Å². The average molecular weight is 333 g/mol. The molecule has 1 aromatic carbocycles. The molecular weight excluding hydrogens is 316 g/mol. The quantitative estimate of drug-likeness (QED) is 0.878. The maximum Gasteiger partial charge on any atom is 0.274 e. The predicted molar refractivity (Wildman–Crippen MR) is 89.4 cm³/mol. The van der Waals surface area contributed by atoms with Crippen LogP contribution >= 0.6 is 11.6 Å². The number of rotatable bonds is 5. The Balaban J connectivity index is 1.77. The van der Waals surface area contributed by atoms with Crippen molar-refractivity contribution < 1.29 is 9.53 Å². The fourth-order valence-electron chi connectivity index (χ4n) is 2.10. The third-order valence-corrected chi connectivity index (χ3v) is 3.70. The van der Waals surface area contributed by atoms with Crippen LogP contribution in [0, 0.1) is 6.92 Å². The molecule has 0 saturated heterocycles. The normalized spacial score (nSPS) is 13.5. The largest absolute Gasteiger partial charge is 0.495 e. The van der Waals surface area contributed by atoms with E-state index in [1.807, 2.05) is 6.92 Å². The number of aryl methyl sites for hydroxylation is 1. The molecular formula is C16H17ClN4O2. The smallest absolute Gasteiger partial charge is 0.274 e. The molecule has 0 unspecified atom stereocenters. The fraction of sp³-hybridized carbons (Fsp3) is 0.312. The second-order valence-electron chi connectivity index (χ2n) is 5.44. The van der Waals surface area contributed by atoms with Crippen LogP contribution in [0.4, 0.5) is 11.6 Å². The minimum Gasteiger partial charge on any atom is -0.495 e. The molecule has 6 nitrogen and oxygen atoms in total. The number of methoxy groups -OCH3 is 1. The van der Waals surface area contributed by atoms with E-state index < -0.39 is 0 Å². The van der Waals surface area contributed by atoms with Crippen LogP contribution < -0.4 is 15.4 Å². The Hall–Kier alpha value is -2.34. The summed E-state index contributed by atoms with van der Waals surface area (Å²) in [7, 11) is 1.54. The molecule has 2 N–H and O–H groups in total. The van der Waals surface area contributed by atoms with Gasteiger partial charge in [-0.2, -0.15) is 0 Å². The van der Waals surface area contributed by atoms with Crippen molar-refractivity contribution in [3.05, 3.63) is 40.7 Å². The molecule has 7 heteroatoms. The predicted octanol–water partition coefficient (Wildman–Crippen LogP) is 3.27. The molecule has 1 aromatic heterocycles. The van der Waals surface area contributed by atoms with E-state index in [1.165, 1.54) is 7.11 Å². The summed E-state index contributed by atoms with van der Waals surface area (Å²) in [5.41, 5.74) is 1.63. The van der Waals surface area contributed by atoms with Gasteiger partial charge in [0.05, 0.1) is 12.1 Å². The first kappa shape index (κ1) is 15.6. The van der Waals surface area contributed by atoms with Gasteiger partial charge in [0.2, 0.25) is 5.95 Å². The van der Waals surface area contributed by atoms with Gasteiger partial charge in [0.15, 0.2) is 0 Å². The van der Waals surface area contributed by atoms with Gasteiger partial charge in [-0.05, 0) is 44.0 Å². The zero-order valence-corrected chi connectivity index (χ0v) is 13.6. The zero-order chi connectivity index (χ0) is 16.4. The summed E-state index contributed by atoms with van der Waals surface area (Å²) in [5, 5.41) is 6.41. The summed E-state index contributed by atoms with van der Waals surface area (Å²) in [6.45, 7) is 1.83. The Morgan fingerprint density at radius 3 is 2.74 bits per heavy atom. The lowest BCUT2D eigenvalue weighted by Gasteiger charge is -2.09. The van der Waals surface area contributed by atoms with Crippen molar-refractivity contribution in [1.29, 1.82) is 0 Å². The first-order valence-corrected chi connectivity index (χ1v) is 7.70. The first-order chi connectivity index (χ1) is 11.0. The molecule has 2 aromatic rings. The summed E-state index contributed by atoms with van der Waals surface area (Å²) < 4.78 is 5.09. The number of aromatic nitrogens is 2. The molecule has 1 aliphatic rings. The van der Waals surface area contributed by atoms with Crippen molar-refractivity contribution in [2.75, 3.05) is 17.7 Å². The summed E-state index contributed by atoms with van der Waals surface area (Å²) in [5.74, 6) is 0.736. The summed E-state index contributed by atoms with van der Waals surface area (Å²) >= 11 is 6.06. The monoisotopic (exact) mass is 332 g/mol. The summed E-state index contributed by atoms with van der Waals surface area (Å²) in [4.78, 5) is 21.0. The molecule has 23 heavy (non-hydrogen) atoms. The first-order valence-electron chi connectivity index (χ1n) is 7.32. The lowest BCUT2D eigenvalue weighted by Crippen LogP contribution is -2.16. The third-order valence-electron chi connectivity index (χ3n) is 3.41. The van der Waals surface area contributed by atoms with Crippen LogP contribution in [-0.2, 0) is 0 Å². The molecule has 120 valence electrons. The van der Waals surface area contributed by atoms with Gasteiger partial charge in [-0.25, -0.2) is 9.97 Å². The van der Waals surface area contributed by atoms with E-state index >= 15 is 0 Å². The molecule has 0 spiro atoms. The van der Waals surface area contributed by atoms with E-state index in [-0.39, 0.29) is 5.91 Å². The van der Waals surface area contributed by atoms with Gasteiger partial charge in [0, 0.05) is 17.4 Å². The second kappa shape index (κ2) is 6.42. The Kier molecular flexibility index (Phi) is 4.34. The molecule has 0 atom stereocenters. The van der Waals surface area contributed by atoms with Gasteiger partial charge < -0.3 is 15.4 Å². The van der Waals surface area contributed by atoms with Crippen LogP contribution in [0.25, 0.3) is 0 Å². The molecule has 3 rings (SSSR count). The Morgan fingerprint density at radius 2 is 2.09 bits per heavy atom. The van der Waals surface area contributed by atoms with E-state index in [2.05, 4.69) is 20.6 Å². The molecule has 1 saturated carbocycles. The highest BCUT2D eigenvalue weighted by atomic mass is 35.5. The highest BCUT2D eigenvalue weighted by Gasteiger charge is 2.22. The maximum atomic E-state index is 12.4. The number of anilines is 2. The molecule has 1 fully saturated rings. The lowest BCUT2D eigenvalue weighted by atomic mass is 10.2. The molecule has 1 aliphatic carbocycles. The minimum atomic E-state index is -0.310. The number of hydrogen-bond acceptors (Lipinski definition) is 5. The summed E-state index contributed by atoms with van der Waals surface area (Å²) in [6.07, 6.45) is 2.23. The van der Waals surface area contributed by atoms with E-state index in [9.17, 15) is 4.79 Å². The summed E-state index contributed by atoms with van der Waals surface area (Å²) in [6, 6.07) is 7.13. The number of hydrogen-bond donors (Lipinski definition) is 2. The van der Waals surface area contributed by atoms with Crippen LogP contribution in [0.15, 0.2) is 24.3 Å². The van der Waals surface area contributed by atoms with Crippen LogP contribution in [0.1, 0.15) is 29.0 Å². The molecule has 0 radical (unpaired) electrons. The second-order valence-corrected chi connectivity index (χ2v) is 5.85. The Morgan fingerprint density at radius 1 is 1.30 bits per heavy atom. The minimum absolute atomic E-state index is 0.310. The molecule has 0 aliphatic heterocycles. The van der Waals surface area contributed by atoms with Crippen LogP contribution in [0.5, 0.6) is 5.75 Å². The Labute approximate surface area is 139 Å². The number of benzene rings is 1. The highest BCUT2D eigenvalue weighted by Crippen LogP contribution is 2.27. The zero-order valence-electron chi connectivity index (χ0n) is 12.9. The van der Waals surface area contributed by atoms with Crippen LogP contribution in [-0.4, -0.2) is 29.0 Å². The van der Waals surface area contributed by atoms with E-state index in [1.54, 1.807) is 24.3 Å². The number of carbonyl (C=O) groups excluding carboxylic acids is 1. The van der Waals surface area contributed by atoms with Crippen molar-refractivity contribution in [2.24, 2.45) is 0 Å². The number of nitrogens with one attached hydrogen (secondary N) is 2. The van der Waals surface area contributed by atoms with Crippen LogP contribution in [0.3, 0.4) is 0 Å². The number of nitrogens with zero attached hydrogens (tertiary/aromatic N) is 2. The van der Waals surface area contributed by atoms with Crippen molar-refractivity contribution >= 4 is 29.1 Å². The number of carbonyl (C=O) groups is 1. The number of amides is 1. The van der Waals surface area contributed by atoms with E-state index in [0.717, 1.165) is 18.5 Å². The van der Waals surface area contributed by atoms with E-state index in [0.29, 0.717) is 34.1 Å². The Bertz CT molecular complexity index is 747. The fourth-order valence-corrected chi connectivity index (χ4v) is 2.36. The van der Waals surface area contributed by atoms with Crippen molar-refractivity contribution in [3.8, 4) is 5.75 Å². The lowest BCUT2D eigenvalue weighted by molar-refractivity contribution is 0.102. The number of halogens is 1. The van der Waals surface area contributed by atoms with Crippen molar-refractivity contribution in [3.63, 3.8) is 0 Å². The standard InChI is InChI=1S/C16H17ClN4O2/c1-9-7-13(21-16(18-9)20-10-3-4-10)15(22)19-11-5-6-14(23-2)12(17)8-11/h5-8,10H,3-4H2,1-2H3,(H,19,22)(H,18,20,21). The van der Waals surface area contributed by atoms with Gasteiger partial charge in [0.25, 0.3) is 5.91 Å². The van der Waals surface area contributed by atoms with Crippen molar-refractivity contribution in [1.82, 2.24) is 9.97 Å². The molecule has 0 bridgehead atoms. The topological polar surface area (TPSA) is 76.1 Å². The molecule has 1 heterocycles. The number of ether oxygens (including phenoxy) is 1. The van der Waals surface area contributed by atoms with Gasteiger partial charge in [-0.1, -0.05) is 11.6 Å². The van der Waals surface area contributed by atoms with E-state index in [4.69, 9.17) is 16.3 Å². The third kappa shape index (κ3) is 3.90. The van der Waals surface area contributed by atoms with Crippen molar-refractivity contribution in [2.45, 2.75) is 25.8 Å². The van der Waals surface area contributed by atoms with Gasteiger partial charge in [0.1, 0.15) is 11.4 Å². The SMILES string of the molecule is COc1ccc(NC(=O)c2cc(C)nc(NC3CC3)n2)cc1Cl. The van der Waals surface area contributed by atoms with Gasteiger partial charge in [-0.3, -0.25) is 4.79 Å². The van der Waals surface area contributed by atoms with Crippen LogP contribution in [0.2, 0.25) is 5.02 Å². The molecule has 1 amide bonds. The maximum absolute atomic E-state index is 12.4. The average Bonchev–Trinajstić information content (AvgIpc) is 3.30.